The molecule has 1 nitrogen and oxygen atoms in total. The molecule has 1 aliphatic rings. The van der Waals surface area contributed by atoms with Crippen LogP contribution in [0, 0.1) is 0 Å². The Labute approximate surface area is 85.4 Å². The fourth-order valence-electron chi connectivity index (χ4n) is 1.70. The first-order valence-electron chi connectivity index (χ1n) is 5.14. The number of thioether (sulfide) groups is 1. The Kier molecular flexibility index (Phi) is 2.52. The molecule has 1 N–H and O–H groups in total. The van der Waals surface area contributed by atoms with E-state index in [-0.39, 0.29) is 0 Å². The first-order valence-corrected chi connectivity index (χ1v) is 5.91. The van der Waals surface area contributed by atoms with Gasteiger partial charge in [-0.25, -0.2) is 0 Å². The normalized spacial score (nSPS) is 19.0. The molecule has 13 heavy (non-hydrogen) atoms. The van der Waals surface area contributed by atoms with Gasteiger partial charge in [0.1, 0.15) is 1.41 Å². The van der Waals surface area contributed by atoms with Crippen molar-refractivity contribution in [1.82, 2.24) is 5.31 Å². The summed E-state index contributed by atoms with van der Waals surface area (Å²) in [7, 11) is 0. The van der Waals surface area contributed by atoms with Gasteiger partial charge in [0.25, 0.3) is 0 Å². The van der Waals surface area contributed by atoms with Gasteiger partial charge in [-0.2, -0.15) is 0 Å². The van der Waals surface area contributed by atoms with Crippen LogP contribution in [-0.4, -0.2) is 12.8 Å². The minimum atomic E-state index is 0.782. The van der Waals surface area contributed by atoms with Crippen LogP contribution >= 0.6 is 11.8 Å². The molecule has 2 rings (SSSR count). The Morgan fingerprint density at radius 3 is 3.23 bits per heavy atom. The Morgan fingerprint density at radius 1 is 1.46 bits per heavy atom. The average molecular weight is 194 g/mol. The lowest BCUT2D eigenvalue weighted by Gasteiger charge is -2.06. The predicted molar refractivity (Wildman–Crippen MR) is 58.3 cm³/mol. The Bertz CT molecular complexity index is 327. The summed E-state index contributed by atoms with van der Waals surface area (Å²) in [6.45, 7) is 1.67. The molecule has 70 valence electrons. The monoisotopic (exact) mass is 194 g/mol. The summed E-state index contributed by atoms with van der Waals surface area (Å²) >= 11 is 1.79. The molecular formula is C11H15NS. The van der Waals surface area contributed by atoms with E-state index in [0.29, 0.717) is 0 Å². The number of rotatable bonds is 1. The largest absolute Gasteiger partial charge is 0.313 e. The quantitative estimate of drug-likeness (QED) is 0.689. The second-order valence-corrected chi connectivity index (χ2v) is 4.22. The first-order chi connectivity index (χ1) is 6.79. The van der Waals surface area contributed by atoms with Crippen LogP contribution in [0.15, 0.2) is 23.1 Å². The van der Waals surface area contributed by atoms with Crippen molar-refractivity contribution in [3.05, 3.63) is 29.3 Å². The molecule has 2 heteroatoms. The van der Waals surface area contributed by atoms with E-state index in [1.54, 1.807) is 17.1 Å². The molecule has 0 fully saturated rings. The van der Waals surface area contributed by atoms with Gasteiger partial charge in [-0.05, 0) is 48.9 Å². The maximum atomic E-state index is 7.67. The van der Waals surface area contributed by atoms with Crippen LogP contribution in [0.4, 0.5) is 0 Å². The zero-order valence-electron chi connectivity index (χ0n) is 8.92. The summed E-state index contributed by atoms with van der Waals surface area (Å²) in [5.74, 6) is 0. The minimum Gasteiger partial charge on any atom is -0.313 e. The molecule has 0 spiro atoms. The van der Waals surface area contributed by atoms with Crippen molar-refractivity contribution < 1.29 is 1.41 Å². The summed E-state index contributed by atoms with van der Waals surface area (Å²) in [6, 6.07) is 6.61. The van der Waals surface area contributed by atoms with E-state index in [2.05, 4.69) is 24.5 Å². The summed E-state index contributed by atoms with van der Waals surface area (Å²) < 4.78 is 7.67. The number of aryl methyl sites for hydroxylation is 1. The maximum Gasteiger partial charge on any atom is 0.123 e. The lowest BCUT2D eigenvalue weighted by molar-refractivity contribution is 0.681. The van der Waals surface area contributed by atoms with Crippen LogP contribution in [0.3, 0.4) is 0 Å². The van der Waals surface area contributed by atoms with E-state index in [1.807, 2.05) is 0 Å². The van der Waals surface area contributed by atoms with Crippen LogP contribution < -0.4 is 5.31 Å². The van der Waals surface area contributed by atoms with Gasteiger partial charge in [0.05, 0.1) is 0 Å². The van der Waals surface area contributed by atoms with Crippen molar-refractivity contribution in [2.75, 3.05) is 12.8 Å². The third kappa shape index (κ3) is 2.06. The maximum absolute atomic E-state index is 7.67. The van der Waals surface area contributed by atoms with Gasteiger partial charge in [-0.15, -0.1) is 11.8 Å². The molecule has 0 saturated heterocycles. The fourth-order valence-corrected chi connectivity index (χ4v) is 2.16. The summed E-state index contributed by atoms with van der Waals surface area (Å²) in [5.41, 5.74) is 2.77. The van der Waals surface area contributed by atoms with Gasteiger partial charge in [-0.1, -0.05) is 6.07 Å². The topological polar surface area (TPSA) is 12.0 Å². The Balaban J connectivity index is 2.31. The second-order valence-electron chi connectivity index (χ2n) is 3.34. The lowest BCUT2D eigenvalue weighted by atomic mass is 10.0. The van der Waals surface area contributed by atoms with Crippen molar-refractivity contribution in [3.63, 3.8) is 0 Å². The van der Waals surface area contributed by atoms with E-state index < -0.39 is 0 Å². The predicted octanol–water partition coefficient (Wildman–Crippen LogP) is 2.44. The zero-order chi connectivity index (χ0) is 9.97. The highest BCUT2D eigenvalue weighted by Crippen LogP contribution is 2.21. The van der Waals surface area contributed by atoms with E-state index in [0.717, 1.165) is 25.9 Å². The Hall–Kier alpha value is -0.470. The molecule has 1 aromatic rings. The van der Waals surface area contributed by atoms with Gasteiger partial charge in [0.15, 0.2) is 0 Å². The molecule has 0 saturated carbocycles. The number of nitrogens with one attached hydrogen (secondary N) is 1. The molecule has 1 heterocycles. The molecule has 0 radical (unpaired) electrons. The molecular weight excluding hydrogens is 178 g/mol. The highest BCUT2D eigenvalue weighted by molar-refractivity contribution is 7.98. The van der Waals surface area contributed by atoms with Gasteiger partial charge < -0.3 is 5.31 Å². The number of fused-ring (bicyclic) bond motifs is 1. The first kappa shape index (κ1) is 7.89. The SMILES string of the molecule is [2H]N1CCCc2cc(SC)ccc2C1. The van der Waals surface area contributed by atoms with E-state index in [9.17, 15) is 0 Å². The zero-order valence-corrected chi connectivity index (χ0v) is 8.73. The molecule has 0 atom stereocenters. The van der Waals surface area contributed by atoms with Crippen LogP contribution in [0.2, 0.25) is 1.41 Å². The summed E-state index contributed by atoms with van der Waals surface area (Å²) in [6.07, 6.45) is 4.34. The van der Waals surface area contributed by atoms with Crippen LogP contribution in [0.5, 0.6) is 0 Å². The molecule has 0 aliphatic carbocycles. The third-order valence-electron chi connectivity index (χ3n) is 2.46. The molecule has 1 aliphatic heterocycles. The van der Waals surface area contributed by atoms with Crippen molar-refractivity contribution in [2.45, 2.75) is 24.3 Å². The Morgan fingerprint density at radius 2 is 2.38 bits per heavy atom. The number of hydrogen-bond acceptors (Lipinski definition) is 2. The number of benzene rings is 1. The smallest absolute Gasteiger partial charge is 0.123 e. The minimum absolute atomic E-state index is 0.782. The van der Waals surface area contributed by atoms with Gasteiger partial charge in [0.2, 0.25) is 0 Å². The average Bonchev–Trinajstić information content (AvgIpc) is 2.37. The molecule has 0 bridgehead atoms. The highest BCUT2D eigenvalue weighted by Gasteiger charge is 2.06. The standard InChI is InChI=1S/C11H15NS/c1-13-11-5-4-10-8-12-6-2-3-9(10)7-11/h4-5,7,12H,2-3,6,8H2,1H3/i/hD. The van der Waals surface area contributed by atoms with E-state index in [1.165, 1.54) is 16.0 Å². The third-order valence-corrected chi connectivity index (χ3v) is 3.18. The van der Waals surface area contributed by atoms with Gasteiger partial charge in [-0.3, -0.25) is 0 Å². The van der Waals surface area contributed by atoms with Crippen molar-refractivity contribution in [2.24, 2.45) is 0 Å². The van der Waals surface area contributed by atoms with Crippen molar-refractivity contribution >= 4 is 11.8 Å². The summed E-state index contributed by atoms with van der Waals surface area (Å²) in [4.78, 5) is 1.34. The molecule has 1 aromatic carbocycles. The molecule has 0 unspecified atom stereocenters. The molecule has 0 amide bonds. The van der Waals surface area contributed by atoms with Crippen LogP contribution in [0.1, 0.15) is 17.5 Å². The van der Waals surface area contributed by atoms with Crippen LogP contribution in [0.25, 0.3) is 0 Å². The van der Waals surface area contributed by atoms with Crippen molar-refractivity contribution in [1.29, 1.82) is 0 Å². The van der Waals surface area contributed by atoms with Gasteiger partial charge >= 0.3 is 0 Å². The van der Waals surface area contributed by atoms with Crippen molar-refractivity contribution in [3.8, 4) is 0 Å². The second kappa shape index (κ2) is 4.16. The van der Waals surface area contributed by atoms with Crippen LogP contribution in [-0.2, 0) is 13.0 Å². The number of hydrogen-bond donors (Lipinski definition) is 1. The van der Waals surface area contributed by atoms with E-state index >= 15 is 0 Å². The fraction of sp³-hybridized carbons (Fsp3) is 0.455. The lowest BCUT2D eigenvalue weighted by Crippen LogP contribution is -2.11. The highest BCUT2D eigenvalue weighted by atomic mass is 32.2. The van der Waals surface area contributed by atoms with Gasteiger partial charge in [0, 0.05) is 11.4 Å². The summed E-state index contributed by atoms with van der Waals surface area (Å²) in [5, 5.41) is 1.66. The molecule has 0 aromatic heterocycles. The van der Waals surface area contributed by atoms with E-state index in [4.69, 9.17) is 1.41 Å².